The summed E-state index contributed by atoms with van der Waals surface area (Å²) in [5.74, 6) is 0.600. The van der Waals surface area contributed by atoms with Gasteiger partial charge in [-0.2, -0.15) is 0 Å². The van der Waals surface area contributed by atoms with Crippen molar-refractivity contribution in [3.63, 3.8) is 0 Å². The predicted molar refractivity (Wildman–Crippen MR) is 135 cm³/mol. The quantitative estimate of drug-likeness (QED) is 0.396. The molecule has 1 fully saturated rings. The Morgan fingerprint density at radius 1 is 1.09 bits per heavy atom. The van der Waals surface area contributed by atoms with Crippen LogP contribution in [0.4, 0.5) is 17.1 Å². The van der Waals surface area contributed by atoms with Crippen LogP contribution in [0.25, 0.3) is 0 Å². The van der Waals surface area contributed by atoms with E-state index in [2.05, 4.69) is 15.2 Å². The van der Waals surface area contributed by atoms with Crippen molar-refractivity contribution >= 4 is 23.0 Å². The summed E-state index contributed by atoms with van der Waals surface area (Å²) in [5, 5.41) is 15.0. The van der Waals surface area contributed by atoms with Crippen LogP contribution in [-0.2, 0) is 0 Å². The van der Waals surface area contributed by atoms with Gasteiger partial charge < -0.3 is 19.9 Å². The summed E-state index contributed by atoms with van der Waals surface area (Å²) in [6.45, 7) is 4.52. The fourth-order valence-electron chi connectivity index (χ4n) is 4.23. The minimum Gasteiger partial charge on any atom is -0.497 e. The van der Waals surface area contributed by atoms with Crippen molar-refractivity contribution < 1.29 is 14.5 Å². The molecule has 2 heterocycles. The number of nitro groups is 1. The van der Waals surface area contributed by atoms with Crippen molar-refractivity contribution in [1.29, 1.82) is 0 Å². The first-order valence-corrected chi connectivity index (χ1v) is 11.6. The maximum Gasteiger partial charge on any atom is 0.293 e. The van der Waals surface area contributed by atoms with Crippen LogP contribution in [0.3, 0.4) is 0 Å². The Morgan fingerprint density at radius 3 is 2.57 bits per heavy atom. The lowest BCUT2D eigenvalue weighted by Crippen LogP contribution is -2.35. The molecule has 0 bridgehead atoms. The second-order valence-corrected chi connectivity index (χ2v) is 8.44. The van der Waals surface area contributed by atoms with E-state index < -0.39 is 4.92 Å². The van der Waals surface area contributed by atoms with Crippen LogP contribution < -0.4 is 15.0 Å². The van der Waals surface area contributed by atoms with Crippen molar-refractivity contribution in [3.8, 4) is 5.75 Å². The van der Waals surface area contributed by atoms with Gasteiger partial charge in [-0.05, 0) is 61.9 Å². The standard InChI is InChI=1S/C26H29N5O4/c1-19(23-6-3-4-13-27-23)28-24-12-7-20(18-25(24)31(33)34)26(32)30-15-5-14-29(16-17-30)21-8-10-22(35-2)11-9-21/h3-4,6-13,18-19,28H,5,14-17H2,1-2H3. The number of rotatable bonds is 7. The highest BCUT2D eigenvalue weighted by Crippen LogP contribution is 2.30. The molecule has 35 heavy (non-hydrogen) atoms. The smallest absolute Gasteiger partial charge is 0.293 e. The molecule has 0 aliphatic carbocycles. The topological polar surface area (TPSA) is 101 Å². The number of hydrogen-bond acceptors (Lipinski definition) is 7. The van der Waals surface area contributed by atoms with Crippen LogP contribution in [-0.4, -0.2) is 54.0 Å². The first-order valence-electron chi connectivity index (χ1n) is 11.6. The molecule has 9 heteroatoms. The number of carbonyl (C=O) groups is 1. The molecule has 1 unspecified atom stereocenters. The molecule has 1 amide bonds. The highest BCUT2D eigenvalue weighted by Gasteiger charge is 2.24. The second kappa shape index (κ2) is 10.9. The molecule has 1 atom stereocenters. The van der Waals surface area contributed by atoms with Crippen molar-refractivity contribution in [3.05, 3.63) is 88.2 Å². The van der Waals surface area contributed by atoms with Crippen molar-refractivity contribution in [2.24, 2.45) is 0 Å². The minimum atomic E-state index is -0.460. The van der Waals surface area contributed by atoms with Gasteiger partial charge in [0.25, 0.3) is 11.6 Å². The normalized spacial score (nSPS) is 14.7. The summed E-state index contributed by atoms with van der Waals surface area (Å²) >= 11 is 0. The fourth-order valence-corrected chi connectivity index (χ4v) is 4.23. The first kappa shape index (κ1) is 24.0. The van der Waals surface area contributed by atoms with Crippen LogP contribution in [0.5, 0.6) is 5.75 Å². The summed E-state index contributed by atoms with van der Waals surface area (Å²) in [5.41, 5.74) is 2.38. The molecule has 182 valence electrons. The largest absolute Gasteiger partial charge is 0.497 e. The third-order valence-electron chi connectivity index (χ3n) is 6.17. The summed E-state index contributed by atoms with van der Waals surface area (Å²) in [4.78, 5) is 32.9. The van der Waals surface area contributed by atoms with Crippen molar-refractivity contribution in [2.75, 3.05) is 43.5 Å². The lowest BCUT2D eigenvalue weighted by Gasteiger charge is -2.24. The molecule has 9 nitrogen and oxygen atoms in total. The van der Waals surface area contributed by atoms with E-state index in [0.29, 0.717) is 30.9 Å². The molecular weight excluding hydrogens is 446 g/mol. The number of nitrogens with zero attached hydrogens (tertiary/aromatic N) is 4. The van der Waals surface area contributed by atoms with Gasteiger partial charge >= 0.3 is 0 Å². The molecule has 3 aromatic rings. The Bertz CT molecular complexity index is 1170. The molecule has 1 aromatic heterocycles. The molecule has 0 radical (unpaired) electrons. The number of pyridine rings is 1. The van der Waals surface area contributed by atoms with E-state index in [9.17, 15) is 14.9 Å². The van der Waals surface area contributed by atoms with Gasteiger partial charge in [0.15, 0.2) is 0 Å². The zero-order valence-corrected chi connectivity index (χ0v) is 19.9. The maximum absolute atomic E-state index is 13.2. The highest BCUT2D eigenvalue weighted by atomic mass is 16.6. The minimum absolute atomic E-state index is 0.131. The Kier molecular flexibility index (Phi) is 7.45. The molecule has 1 saturated heterocycles. The molecule has 4 rings (SSSR count). The number of carbonyl (C=O) groups excluding carboxylic acids is 1. The van der Waals surface area contributed by atoms with E-state index in [4.69, 9.17) is 4.74 Å². The Morgan fingerprint density at radius 2 is 1.89 bits per heavy atom. The van der Waals surface area contributed by atoms with E-state index in [1.165, 1.54) is 6.07 Å². The number of amides is 1. The fraction of sp³-hybridized carbons (Fsp3) is 0.308. The van der Waals surface area contributed by atoms with E-state index in [0.717, 1.165) is 30.1 Å². The van der Waals surface area contributed by atoms with Crippen molar-refractivity contribution in [2.45, 2.75) is 19.4 Å². The van der Waals surface area contributed by atoms with Gasteiger partial charge in [-0.15, -0.1) is 0 Å². The zero-order chi connectivity index (χ0) is 24.8. The van der Waals surface area contributed by atoms with Crippen molar-refractivity contribution in [1.82, 2.24) is 9.88 Å². The summed E-state index contributed by atoms with van der Waals surface area (Å²) in [6, 6.07) is 17.8. The van der Waals surface area contributed by atoms with E-state index in [1.54, 1.807) is 30.3 Å². The number of nitro benzene ring substituents is 1. The average Bonchev–Trinajstić information content (AvgIpc) is 3.15. The SMILES string of the molecule is COc1ccc(N2CCCN(C(=O)c3ccc(NC(C)c4ccccn4)c([N+](=O)[O-])c3)CC2)cc1. The van der Waals surface area contributed by atoms with Gasteiger partial charge in [0, 0.05) is 49.7 Å². The third-order valence-corrected chi connectivity index (χ3v) is 6.17. The Balaban J connectivity index is 1.46. The molecule has 1 aliphatic heterocycles. The number of nitrogens with one attached hydrogen (secondary N) is 1. The van der Waals surface area contributed by atoms with Crippen LogP contribution in [0, 0.1) is 10.1 Å². The van der Waals surface area contributed by atoms with Gasteiger partial charge in [0.2, 0.25) is 0 Å². The lowest BCUT2D eigenvalue weighted by molar-refractivity contribution is -0.384. The summed E-state index contributed by atoms with van der Waals surface area (Å²) in [7, 11) is 1.64. The number of hydrogen-bond donors (Lipinski definition) is 1. The second-order valence-electron chi connectivity index (χ2n) is 8.44. The molecule has 1 N–H and O–H groups in total. The predicted octanol–water partition coefficient (Wildman–Crippen LogP) is 4.52. The molecular formula is C26H29N5O4. The monoisotopic (exact) mass is 475 g/mol. The number of anilines is 2. The van der Waals surface area contributed by atoms with Gasteiger partial charge in [-0.3, -0.25) is 19.9 Å². The van der Waals surface area contributed by atoms with Crippen LogP contribution in [0.2, 0.25) is 0 Å². The number of aromatic nitrogens is 1. The Labute approximate surface area is 204 Å². The number of benzene rings is 2. The number of ether oxygens (including phenoxy) is 1. The first-order chi connectivity index (χ1) is 17.0. The highest BCUT2D eigenvalue weighted by molar-refractivity contribution is 5.95. The zero-order valence-electron chi connectivity index (χ0n) is 19.9. The summed E-state index contributed by atoms with van der Waals surface area (Å²) < 4.78 is 5.23. The maximum atomic E-state index is 13.2. The van der Waals surface area contributed by atoms with Crippen LogP contribution in [0.15, 0.2) is 66.9 Å². The van der Waals surface area contributed by atoms with E-state index in [1.807, 2.05) is 49.4 Å². The van der Waals surface area contributed by atoms with E-state index in [-0.39, 0.29) is 17.6 Å². The molecule has 0 saturated carbocycles. The third kappa shape index (κ3) is 5.68. The van der Waals surface area contributed by atoms with Gasteiger partial charge in [0.1, 0.15) is 11.4 Å². The van der Waals surface area contributed by atoms with Crippen LogP contribution >= 0.6 is 0 Å². The van der Waals surface area contributed by atoms with Gasteiger partial charge in [-0.25, -0.2) is 0 Å². The van der Waals surface area contributed by atoms with Gasteiger partial charge in [0.05, 0.1) is 23.8 Å². The molecule has 2 aromatic carbocycles. The van der Waals surface area contributed by atoms with E-state index >= 15 is 0 Å². The molecule has 1 aliphatic rings. The molecule has 0 spiro atoms. The summed E-state index contributed by atoms with van der Waals surface area (Å²) in [6.07, 6.45) is 2.49. The average molecular weight is 476 g/mol. The van der Waals surface area contributed by atoms with Crippen LogP contribution in [0.1, 0.15) is 35.4 Å². The van der Waals surface area contributed by atoms with Gasteiger partial charge in [-0.1, -0.05) is 6.07 Å². The lowest BCUT2D eigenvalue weighted by atomic mass is 10.1. The Hall–Kier alpha value is -4.14. The number of methoxy groups -OCH3 is 1.